The second kappa shape index (κ2) is 6.55. The molecule has 1 aromatic carbocycles. The van der Waals surface area contributed by atoms with Crippen molar-refractivity contribution in [3.63, 3.8) is 0 Å². The second-order valence-electron chi connectivity index (χ2n) is 7.99. The van der Waals surface area contributed by atoms with Gasteiger partial charge in [-0.15, -0.1) is 0 Å². The molecule has 3 aromatic rings. The monoisotopic (exact) mass is 363 g/mol. The highest BCUT2D eigenvalue weighted by Crippen LogP contribution is 2.44. The van der Waals surface area contributed by atoms with Crippen LogP contribution in [0, 0.1) is 12.8 Å². The molecule has 1 aliphatic heterocycles. The maximum Gasteiger partial charge on any atom is 0.293 e. The molecule has 0 unspecified atom stereocenters. The SMILES string of the molecule is Cc1cc(C(=O)N2CCc3c([nH]c4ccccc34)[C@H]2C2CCCCC2)on1. The number of fused-ring (bicyclic) bond motifs is 3. The van der Waals surface area contributed by atoms with Crippen molar-refractivity contribution in [3.05, 3.63) is 53.0 Å². The zero-order chi connectivity index (χ0) is 18.4. The van der Waals surface area contributed by atoms with Crippen molar-refractivity contribution in [3.8, 4) is 0 Å². The normalized spacial score (nSPS) is 20.8. The lowest BCUT2D eigenvalue weighted by molar-refractivity contribution is 0.0493. The molecule has 2 aromatic heterocycles. The topological polar surface area (TPSA) is 62.1 Å². The lowest BCUT2D eigenvalue weighted by atomic mass is 9.79. The van der Waals surface area contributed by atoms with Crippen molar-refractivity contribution in [2.75, 3.05) is 6.54 Å². The van der Waals surface area contributed by atoms with Crippen LogP contribution in [-0.2, 0) is 6.42 Å². The number of para-hydroxylation sites is 1. The van der Waals surface area contributed by atoms with Crippen molar-refractivity contribution in [2.45, 2.75) is 51.5 Å². The Kier molecular flexibility index (Phi) is 4.03. The summed E-state index contributed by atoms with van der Waals surface area (Å²) in [4.78, 5) is 19.0. The van der Waals surface area contributed by atoms with Gasteiger partial charge in [-0.2, -0.15) is 0 Å². The van der Waals surface area contributed by atoms with Crippen molar-refractivity contribution >= 4 is 16.8 Å². The Bertz CT molecular complexity index is 981. The Hall–Kier alpha value is -2.56. The summed E-state index contributed by atoms with van der Waals surface area (Å²) in [6, 6.07) is 10.3. The highest BCUT2D eigenvalue weighted by molar-refractivity contribution is 5.93. The van der Waals surface area contributed by atoms with Gasteiger partial charge in [-0.05, 0) is 43.7 Å². The maximum absolute atomic E-state index is 13.3. The summed E-state index contributed by atoms with van der Waals surface area (Å²) in [5, 5.41) is 5.22. The Morgan fingerprint density at radius 2 is 2.04 bits per heavy atom. The molecule has 0 spiro atoms. The van der Waals surface area contributed by atoms with E-state index in [2.05, 4.69) is 34.4 Å². The Morgan fingerprint density at radius 3 is 2.81 bits per heavy atom. The number of H-pyrrole nitrogens is 1. The van der Waals surface area contributed by atoms with Crippen LogP contribution < -0.4 is 0 Å². The van der Waals surface area contributed by atoms with Gasteiger partial charge in [0.05, 0.1) is 11.7 Å². The molecular weight excluding hydrogens is 338 g/mol. The van der Waals surface area contributed by atoms with E-state index < -0.39 is 0 Å². The van der Waals surface area contributed by atoms with Crippen molar-refractivity contribution in [1.29, 1.82) is 0 Å². The van der Waals surface area contributed by atoms with Crippen LogP contribution in [-0.4, -0.2) is 27.5 Å². The van der Waals surface area contributed by atoms with Crippen LogP contribution in [0.4, 0.5) is 0 Å². The minimum absolute atomic E-state index is 0.0320. The molecule has 1 N–H and O–H groups in total. The molecule has 140 valence electrons. The van der Waals surface area contributed by atoms with E-state index in [1.807, 2.05) is 11.8 Å². The quantitative estimate of drug-likeness (QED) is 0.712. The van der Waals surface area contributed by atoms with Gasteiger partial charge in [0.2, 0.25) is 5.76 Å². The lowest BCUT2D eigenvalue weighted by Crippen LogP contribution is -2.43. The lowest BCUT2D eigenvalue weighted by Gasteiger charge is -2.41. The number of carbonyl (C=O) groups is 1. The molecule has 0 saturated heterocycles. The smallest absolute Gasteiger partial charge is 0.293 e. The third-order valence-corrected chi connectivity index (χ3v) is 6.28. The first-order chi connectivity index (χ1) is 13.2. The Balaban J connectivity index is 1.59. The first-order valence-electron chi connectivity index (χ1n) is 10.1. The van der Waals surface area contributed by atoms with Crippen LogP contribution in [0.15, 0.2) is 34.9 Å². The van der Waals surface area contributed by atoms with Gasteiger partial charge < -0.3 is 14.4 Å². The maximum atomic E-state index is 13.3. The molecule has 1 amide bonds. The summed E-state index contributed by atoms with van der Waals surface area (Å²) >= 11 is 0. The molecule has 0 radical (unpaired) electrons. The van der Waals surface area contributed by atoms with E-state index in [4.69, 9.17) is 4.52 Å². The number of nitrogens with one attached hydrogen (secondary N) is 1. The molecular formula is C22H25N3O2. The first-order valence-corrected chi connectivity index (χ1v) is 10.1. The minimum atomic E-state index is -0.0320. The van der Waals surface area contributed by atoms with Crippen LogP contribution in [0.2, 0.25) is 0 Å². The number of benzene rings is 1. The van der Waals surface area contributed by atoms with Gasteiger partial charge in [-0.1, -0.05) is 42.6 Å². The fourth-order valence-electron chi connectivity index (χ4n) is 5.04. The number of carbonyl (C=O) groups excluding carboxylic acids is 1. The molecule has 5 nitrogen and oxygen atoms in total. The van der Waals surface area contributed by atoms with Crippen LogP contribution in [0.1, 0.15) is 65.7 Å². The fraction of sp³-hybridized carbons (Fsp3) is 0.455. The number of rotatable bonds is 2. The zero-order valence-corrected chi connectivity index (χ0v) is 15.7. The number of aryl methyl sites for hydroxylation is 1. The highest BCUT2D eigenvalue weighted by Gasteiger charge is 2.39. The van der Waals surface area contributed by atoms with Gasteiger partial charge in [0.1, 0.15) is 0 Å². The highest BCUT2D eigenvalue weighted by atomic mass is 16.5. The van der Waals surface area contributed by atoms with E-state index in [0.717, 1.165) is 18.7 Å². The number of hydrogen-bond donors (Lipinski definition) is 1. The molecule has 1 atom stereocenters. The standard InChI is InChI=1S/C22H25N3O2/c1-14-13-19(27-24-14)22(26)25-12-11-17-16-9-5-6-10-18(16)23-20(17)21(25)15-7-3-2-4-8-15/h5-6,9-10,13,15,21,23H,2-4,7-8,11-12H2,1H3/t21-/m1/s1. The second-order valence-corrected chi connectivity index (χ2v) is 7.99. The summed E-state index contributed by atoms with van der Waals surface area (Å²) in [6.07, 6.45) is 7.04. The Morgan fingerprint density at radius 1 is 1.22 bits per heavy atom. The van der Waals surface area contributed by atoms with E-state index in [-0.39, 0.29) is 11.9 Å². The Labute approximate surface area is 158 Å². The van der Waals surface area contributed by atoms with Crippen LogP contribution in [0.25, 0.3) is 10.9 Å². The predicted octanol–water partition coefficient (Wildman–Crippen LogP) is 4.78. The first kappa shape index (κ1) is 16.6. The van der Waals surface area contributed by atoms with Crippen molar-refractivity contribution in [1.82, 2.24) is 15.0 Å². The van der Waals surface area contributed by atoms with Crippen LogP contribution in [0.3, 0.4) is 0 Å². The van der Waals surface area contributed by atoms with E-state index >= 15 is 0 Å². The molecule has 1 fully saturated rings. The third-order valence-electron chi connectivity index (χ3n) is 6.28. The van der Waals surface area contributed by atoms with Gasteiger partial charge in [-0.3, -0.25) is 4.79 Å². The summed E-state index contributed by atoms with van der Waals surface area (Å²) in [5.41, 5.74) is 4.54. The number of aromatic amines is 1. The van der Waals surface area contributed by atoms with Gasteiger partial charge in [0.15, 0.2) is 0 Å². The molecule has 27 heavy (non-hydrogen) atoms. The molecule has 5 heteroatoms. The van der Waals surface area contributed by atoms with E-state index in [0.29, 0.717) is 11.7 Å². The van der Waals surface area contributed by atoms with Gasteiger partial charge in [-0.25, -0.2) is 0 Å². The van der Waals surface area contributed by atoms with E-state index in [1.165, 1.54) is 54.3 Å². The zero-order valence-electron chi connectivity index (χ0n) is 15.7. The molecule has 2 aliphatic rings. The number of aromatic nitrogens is 2. The van der Waals surface area contributed by atoms with Crippen molar-refractivity contribution in [2.24, 2.45) is 5.92 Å². The van der Waals surface area contributed by atoms with E-state index in [9.17, 15) is 4.79 Å². The average molecular weight is 363 g/mol. The van der Waals surface area contributed by atoms with Gasteiger partial charge >= 0.3 is 0 Å². The molecule has 1 saturated carbocycles. The number of hydrogen-bond acceptors (Lipinski definition) is 3. The van der Waals surface area contributed by atoms with E-state index in [1.54, 1.807) is 6.07 Å². The molecule has 0 bridgehead atoms. The fourth-order valence-corrected chi connectivity index (χ4v) is 5.04. The van der Waals surface area contributed by atoms with Crippen molar-refractivity contribution < 1.29 is 9.32 Å². The third kappa shape index (κ3) is 2.76. The minimum Gasteiger partial charge on any atom is -0.356 e. The summed E-state index contributed by atoms with van der Waals surface area (Å²) in [7, 11) is 0. The summed E-state index contributed by atoms with van der Waals surface area (Å²) in [5.74, 6) is 0.821. The molecule has 3 heterocycles. The van der Waals surface area contributed by atoms with Gasteiger partial charge in [0.25, 0.3) is 5.91 Å². The number of amides is 1. The van der Waals surface area contributed by atoms with Crippen LogP contribution in [0.5, 0.6) is 0 Å². The largest absolute Gasteiger partial charge is 0.356 e. The predicted molar refractivity (Wildman–Crippen MR) is 104 cm³/mol. The summed E-state index contributed by atoms with van der Waals surface area (Å²) < 4.78 is 5.31. The van der Waals surface area contributed by atoms with Crippen LogP contribution >= 0.6 is 0 Å². The average Bonchev–Trinajstić information content (AvgIpc) is 3.30. The summed E-state index contributed by atoms with van der Waals surface area (Å²) in [6.45, 7) is 2.58. The van der Waals surface area contributed by atoms with Gasteiger partial charge in [0, 0.05) is 29.2 Å². The molecule has 5 rings (SSSR count). The number of nitrogens with zero attached hydrogens (tertiary/aromatic N) is 2. The molecule has 1 aliphatic carbocycles.